The molecule has 3 aromatic rings. The molecule has 0 fully saturated rings. The molecule has 3 aromatic carbocycles. The van der Waals surface area contributed by atoms with Gasteiger partial charge in [0.05, 0.1) is 19.0 Å². The van der Waals surface area contributed by atoms with E-state index < -0.39 is 15.9 Å². The number of hydrazone groups is 1. The van der Waals surface area contributed by atoms with Crippen molar-refractivity contribution in [1.29, 1.82) is 0 Å². The first-order valence-electron chi connectivity index (χ1n) is 9.36. The molecule has 0 aliphatic rings. The number of fused-ring (bicyclic) bond motifs is 1. The van der Waals surface area contributed by atoms with E-state index in [0.29, 0.717) is 12.0 Å². The maximum atomic E-state index is 12.3. The zero-order chi connectivity index (χ0) is 21.6. The number of benzene rings is 3. The zero-order valence-corrected chi connectivity index (χ0v) is 17.3. The molecule has 0 radical (unpaired) electrons. The van der Waals surface area contributed by atoms with Gasteiger partial charge in [0.15, 0.2) is 0 Å². The Morgan fingerprint density at radius 3 is 2.50 bits per heavy atom. The molecule has 0 saturated carbocycles. The number of rotatable bonds is 8. The maximum absolute atomic E-state index is 12.3. The van der Waals surface area contributed by atoms with Crippen LogP contribution in [0.2, 0.25) is 0 Å². The van der Waals surface area contributed by atoms with E-state index in [1.165, 1.54) is 6.21 Å². The van der Waals surface area contributed by atoms with E-state index in [-0.39, 0.29) is 18.8 Å². The van der Waals surface area contributed by atoms with E-state index in [0.717, 1.165) is 26.9 Å². The molecule has 0 aromatic heterocycles. The Morgan fingerprint density at radius 1 is 1.07 bits per heavy atom. The Labute approximate surface area is 175 Å². The third-order valence-electron chi connectivity index (χ3n) is 4.61. The van der Waals surface area contributed by atoms with Gasteiger partial charge >= 0.3 is 0 Å². The van der Waals surface area contributed by atoms with Gasteiger partial charge in [-0.25, -0.2) is 13.8 Å². The minimum atomic E-state index is -3.56. The maximum Gasteiger partial charge on any atom is 0.255 e. The first-order valence-corrected chi connectivity index (χ1v) is 11.2. The minimum Gasteiger partial charge on any atom is -0.507 e. The van der Waals surface area contributed by atoms with E-state index in [1.54, 1.807) is 12.1 Å². The number of sulfonamides is 1. The van der Waals surface area contributed by atoms with E-state index in [4.69, 9.17) is 0 Å². The quantitative estimate of drug-likeness (QED) is 0.428. The van der Waals surface area contributed by atoms with Crippen molar-refractivity contribution in [2.45, 2.75) is 6.42 Å². The molecule has 156 valence electrons. The number of nitrogens with zero attached hydrogens (tertiary/aromatic N) is 2. The third kappa shape index (κ3) is 5.65. The van der Waals surface area contributed by atoms with Crippen LogP contribution in [0.1, 0.15) is 11.1 Å². The second-order valence-corrected chi connectivity index (χ2v) is 8.83. The van der Waals surface area contributed by atoms with Crippen molar-refractivity contribution in [3.05, 3.63) is 77.9 Å². The normalized spacial score (nSPS) is 11.9. The molecule has 7 nitrogen and oxygen atoms in total. The van der Waals surface area contributed by atoms with E-state index in [1.807, 2.05) is 54.6 Å². The summed E-state index contributed by atoms with van der Waals surface area (Å²) in [7, 11) is -3.56. The lowest BCUT2D eigenvalue weighted by Gasteiger charge is -2.18. The molecule has 8 heteroatoms. The van der Waals surface area contributed by atoms with Crippen molar-refractivity contribution < 1.29 is 18.3 Å². The number of hydrogen-bond acceptors (Lipinski definition) is 5. The molecular formula is C22H23N3O4S. The number of hydrogen-bond donors (Lipinski definition) is 2. The van der Waals surface area contributed by atoms with Gasteiger partial charge in [0.1, 0.15) is 5.75 Å². The molecule has 2 N–H and O–H groups in total. The molecule has 0 aliphatic carbocycles. The van der Waals surface area contributed by atoms with Crippen molar-refractivity contribution in [3.63, 3.8) is 0 Å². The predicted octanol–water partition coefficient (Wildman–Crippen LogP) is 2.50. The Balaban J connectivity index is 1.65. The lowest BCUT2D eigenvalue weighted by molar-refractivity contribution is -0.121. The summed E-state index contributed by atoms with van der Waals surface area (Å²) in [6, 6.07) is 20.3. The molecule has 3 rings (SSSR count). The summed E-state index contributed by atoms with van der Waals surface area (Å²) in [6.45, 7) is -0.158. The fraction of sp³-hybridized carbons (Fsp3) is 0.182. The van der Waals surface area contributed by atoms with Crippen molar-refractivity contribution >= 4 is 32.9 Å². The fourth-order valence-corrected chi connectivity index (χ4v) is 3.82. The van der Waals surface area contributed by atoms with E-state index in [9.17, 15) is 18.3 Å². The fourth-order valence-electron chi connectivity index (χ4n) is 3.04. The number of amides is 1. The van der Waals surface area contributed by atoms with Gasteiger partial charge < -0.3 is 5.11 Å². The summed E-state index contributed by atoms with van der Waals surface area (Å²) in [6.07, 6.45) is 2.92. The number of carbonyl (C=O) groups is 1. The van der Waals surface area contributed by atoms with Gasteiger partial charge in [0.25, 0.3) is 5.91 Å². The van der Waals surface area contributed by atoms with Crippen molar-refractivity contribution in [2.75, 3.05) is 19.3 Å². The van der Waals surface area contributed by atoms with Crippen LogP contribution in [-0.4, -0.2) is 49.3 Å². The van der Waals surface area contributed by atoms with Gasteiger partial charge in [-0.3, -0.25) is 4.79 Å². The highest BCUT2D eigenvalue weighted by atomic mass is 32.2. The minimum absolute atomic E-state index is 0.0346. The van der Waals surface area contributed by atoms with Crippen LogP contribution in [0.3, 0.4) is 0 Å². The third-order valence-corrected chi connectivity index (χ3v) is 5.86. The van der Waals surface area contributed by atoms with Gasteiger partial charge in [-0.2, -0.15) is 9.41 Å². The largest absolute Gasteiger partial charge is 0.507 e. The Kier molecular flexibility index (Phi) is 6.81. The van der Waals surface area contributed by atoms with Crippen molar-refractivity contribution in [3.8, 4) is 5.75 Å². The number of phenolic OH excluding ortho intramolecular Hbond substituents is 1. The molecule has 30 heavy (non-hydrogen) atoms. The molecule has 0 bridgehead atoms. The monoisotopic (exact) mass is 425 g/mol. The Bertz CT molecular complexity index is 1160. The highest BCUT2D eigenvalue weighted by Gasteiger charge is 2.19. The molecule has 0 saturated heterocycles. The molecule has 0 spiro atoms. The van der Waals surface area contributed by atoms with Crippen molar-refractivity contribution in [1.82, 2.24) is 9.73 Å². The van der Waals surface area contributed by atoms with Gasteiger partial charge in [-0.05, 0) is 28.8 Å². The lowest BCUT2D eigenvalue weighted by Crippen LogP contribution is -2.40. The van der Waals surface area contributed by atoms with Crippen LogP contribution >= 0.6 is 0 Å². The smallest absolute Gasteiger partial charge is 0.255 e. The van der Waals surface area contributed by atoms with Crippen LogP contribution in [-0.2, 0) is 21.2 Å². The first-order chi connectivity index (χ1) is 14.3. The van der Waals surface area contributed by atoms with Crippen LogP contribution in [0.25, 0.3) is 10.8 Å². The molecule has 0 unspecified atom stereocenters. The molecular weight excluding hydrogens is 402 g/mol. The predicted molar refractivity (Wildman–Crippen MR) is 118 cm³/mol. The summed E-state index contributed by atoms with van der Waals surface area (Å²) in [5.41, 5.74) is 3.79. The van der Waals surface area contributed by atoms with Crippen LogP contribution in [0.4, 0.5) is 0 Å². The lowest BCUT2D eigenvalue weighted by atomic mass is 10.0. The van der Waals surface area contributed by atoms with Gasteiger partial charge in [0, 0.05) is 12.1 Å². The highest BCUT2D eigenvalue weighted by molar-refractivity contribution is 7.88. The molecule has 0 aliphatic heterocycles. The van der Waals surface area contributed by atoms with Crippen LogP contribution in [0.15, 0.2) is 71.8 Å². The second-order valence-electron chi connectivity index (χ2n) is 6.84. The second kappa shape index (κ2) is 9.51. The topological polar surface area (TPSA) is 99.1 Å². The first kappa shape index (κ1) is 21.5. The summed E-state index contributed by atoms with van der Waals surface area (Å²) >= 11 is 0. The zero-order valence-electron chi connectivity index (χ0n) is 16.5. The molecule has 1 amide bonds. The summed E-state index contributed by atoms with van der Waals surface area (Å²) < 4.78 is 25.2. The molecule has 0 atom stereocenters. The number of aromatic hydroxyl groups is 1. The van der Waals surface area contributed by atoms with E-state index in [2.05, 4.69) is 10.5 Å². The van der Waals surface area contributed by atoms with Crippen molar-refractivity contribution in [2.24, 2.45) is 5.10 Å². The average Bonchev–Trinajstić information content (AvgIpc) is 2.72. The SMILES string of the molecule is CS(=O)(=O)N(CCc1ccccc1)CC(=O)N/N=C/c1c(O)ccc2ccccc12. The standard InChI is InChI=1S/C22H23N3O4S/c1-30(28,29)25(14-13-17-7-3-2-4-8-17)16-22(27)24-23-15-20-19-10-6-5-9-18(19)11-12-21(20)26/h2-12,15,26H,13-14,16H2,1H3,(H,24,27)/b23-15+. The van der Waals surface area contributed by atoms with E-state index >= 15 is 0 Å². The summed E-state index contributed by atoms with van der Waals surface area (Å²) in [5.74, 6) is -0.531. The summed E-state index contributed by atoms with van der Waals surface area (Å²) in [4.78, 5) is 12.3. The average molecular weight is 426 g/mol. The van der Waals surface area contributed by atoms with Gasteiger partial charge in [0.2, 0.25) is 10.0 Å². The van der Waals surface area contributed by atoms with Crippen LogP contribution in [0.5, 0.6) is 5.75 Å². The summed E-state index contributed by atoms with van der Waals surface area (Å²) in [5, 5.41) is 15.7. The number of phenols is 1. The number of carbonyl (C=O) groups excluding carboxylic acids is 1. The Hall–Kier alpha value is -3.23. The van der Waals surface area contributed by atoms with Gasteiger partial charge in [-0.15, -0.1) is 0 Å². The molecule has 0 heterocycles. The van der Waals surface area contributed by atoms with Crippen LogP contribution < -0.4 is 5.43 Å². The van der Waals surface area contributed by atoms with Crippen LogP contribution in [0, 0.1) is 0 Å². The van der Waals surface area contributed by atoms with Gasteiger partial charge in [-0.1, -0.05) is 60.7 Å². The number of nitrogens with one attached hydrogen (secondary N) is 1. The Morgan fingerprint density at radius 2 is 1.77 bits per heavy atom. The highest BCUT2D eigenvalue weighted by Crippen LogP contribution is 2.25.